The Kier molecular flexibility index (Phi) is 4.24. The van der Waals surface area contributed by atoms with Gasteiger partial charge < -0.3 is 5.32 Å². The lowest BCUT2D eigenvalue weighted by Gasteiger charge is -2.18. The van der Waals surface area contributed by atoms with Crippen molar-refractivity contribution >= 4 is 28.2 Å². The van der Waals surface area contributed by atoms with Crippen LogP contribution in [0.2, 0.25) is 0 Å². The van der Waals surface area contributed by atoms with Crippen molar-refractivity contribution in [1.29, 1.82) is 0 Å². The molecule has 2 rings (SSSR count). The lowest BCUT2D eigenvalue weighted by molar-refractivity contribution is 0.631. The fourth-order valence-electron chi connectivity index (χ4n) is 1.36. The van der Waals surface area contributed by atoms with Gasteiger partial charge in [0.1, 0.15) is 0 Å². The third kappa shape index (κ3) is 4.31. The van der Waals surface area contributed by atoms with Gasteiger partial charge in [-0.15, -0.1) is 10.2 Å². The summed E-state index contributed by atoms with van der Waals surface area (Å²) in [6.07, 6.45) is 0. The second-order valence-corrected chi connectivity index (χ2v) is 7.22. The summed E-state index contributed by atoms with van der Waals surface area (Å²) in [5.41, 5.74) is 1.34. The maximum atomic E-state index is 4.18. The lowest BCUT2D eigenvalue weighted by atomic mass is 10.1. The van der Waals surface area contributed by atoms with E-state index in [4.69, 9.17) is 0 Å². The van der Waals surface area contributed by atoms with E-state index in [0.29, 0.717) is 0 Å². The number of benzene rings is 1. The number of nitrogens with one attached hydrogen (secondary N) is 1. The van der Waals surface area contributed by atoms with Crippen LogP contribution in [0.4, 0.5) is 5.13 Å². The van der Waals surface area contributed by atoms with Crippen LogP contribution >= 0.6 is 23.1 Å². The molecule has 0 radical (unpaired) electrons. The molecular formula is C13H17N3S2. The van der Waals surface area contributed by atoms with Crippen molar-refractivity contribution in [2.75, 3.05) is 5.32 Å². The number of anilines is 1. The molecule has 5 heteroatoms. The summed E-state index contributed by atoms with van der Waals surface area (Å²) >= 11 is 3.33. The van der Waals surface area contributed by atoms with Crippen molar-refractivity contribution in [3.05, 3.63) is 35.9 Å². The summed E-state index contributed by atoms with van der Waals surface area (Å²) in [7, 11) is 0. The molecule has 0 saturated heterocycles. The van der Waals surface area contributed by atoms with E-state index in [2.05, 4.69) is 60.6 Å². The summed E-state index contributed by atoms with van der Waals surface area (Å²) in [6, 6.07) is 10.4. The van der Waals surface area contributed by atoms with Crippen LogP contribution in [0, 0.1) is 0 Å². The van der Waals surface area contributed by atoms with Gasteiger partial charge in [0.2, 0.25) is 5.13 Å². The Morgan fingerprint density at radius 1 is 1.17 bits per heavy atom. The van der Waals surface area contributed by atoms with Crippen LogP contribution in [-0.4, -0.2) is 15.7 Å². The third-order valence-corrected chi connectivity index (χ3v) is 4.14. The van der Waals surface area contributed by atoms with Crippen molar-refractivity contribution in [1.82, 2.24) is 10.2 Å². The van der Waals surface area contributed by atoms with Gasteiger partial charge in [-0.05, 0) is 26.3 Å². The van der Waals surface area contributed by atoms with Crippen molar-refractivity contribution < 1.29 is 0 Å². The topological polar surface area (TPSA) is 37.8 Å². The van der Waals surface area contributed by atoms with Crippen LogP contribution in [0.3, 0.4) is 0 Å². The molecule has 18 heavy (non-hydrogen) atoms. The average Bonchev–Trinajstić information content (AvgIpc) is 2.73. The van der Waals surface area contributed by atoms with Gasteiger partial charge in [0.15, 0.2) is 4.34 Å². The van der Waals surface area contributed by atoms with Crippen molar-refractivity contribution in [3.8, 4) is 0 Å². The van der Waals surface area contributed by atoms with Gasteiger partial charge in [0, 0.05) is 11.3 Å². The number of nitrogens with zero attached hydrogens (tertiary/aromatic N) is 2. The highest BCUT2D eigenvalue weighted by Gasteiger charge is 2.13. The minimum atomic E-state index is 0.0287. The van der Waals surface area contributed by atoms with Crippen LogP contribution in [0.25, 0.3) is 0 Å². The summed E-state index contributed by atoms with van der Waals surface area (Å²) in [6.45, 7) is 6.35. The Labute approximate surface area is 116 Å². The van der Waals surface area contributed by atoms with Gasteiger partial charge in [0.05, 0.1) is 0 Å². The lowest BCUT2D eigenvalue weighted by Crippen LogP contribution is -2.25. The number of hydrogen-bond acceptors (Lipinski definition) is 5. The number of aromatic nitrogens is 2. The van der Waals surface area contributed by atoms with Gasteiger partial charge >= 0.3 is 0 Å². The summed E-state index contributed by atoms with van der Waals surface area (Å²) in [4.78, 5) is 0. The van der Waals surface area contributed by atoms with Crippen LogP contribution in [0.1, 0.15) is 26.3 Å². The van der Waals surface area contributed by atoms with Crippen LogP contribution < -0.4 is 5.32 Å². The second-order valence-electron chi connectivity index (χ2n) is 5.02. The van der Waals surface area contributed by atoms with Gasteiger partial charge in [-0.1, -0.05) is 53.4 Å². The smallest absolute Gasteiger partial charge is 0.206 e. The monoisotopic (exact) mass is 279 g/mol. The molecule has 1 aromatic carbocycles. The zero-order valence-electron chi connectivity index (χ0n) is 10.8. The fraction of sp³-hybridized carbons (Fsp3) is 0.385. The Morgan fingerprint density at radius 2 is 1.89 bits per heavy atom. The molecule has 1 aromatic heterocycles. The molecule has 0 spiro atoms. The molecule has 0 aliphatic carbocycles. The predicted molar refractivity (Wildman–Crippen MR) is 79.3 cm³/mol. The first-order chi connectivity index (χ1) is 8.53. The summed E-state index contributed by atoms with van der Waals surface area (Å²) in [5, 5.41) is 12.6. The molecule has 0 fully saturated rings. The third-order valence-electron chi connectivity index (χ3n) is 2.09. The highest BCUT2D eigenvalue weighted by Crippen LogP contribution is 2.29. The molecule has 0 aliphatic rings. The Balaban J connectivity index is 1.91. The maximum absolute atomic E-state index is 4.18. The van der Waals surface area contributed by atoms with Crippen molar-refractivity contribution in [3.63, 3.8) is 0 Å². The summed E-state index contributed by atoms with van der Waals surface area (Å²) < 4.78 is 1.01. The van der Waals surface area contributed by atoms with Gasteiger partial charge in [0.25, 0.3) is 0 Å². The highest BCUT2D eigenvalue weighted by atomic mass is 32.2. The Bertz CT molecular complexity index is 488. The fourth-order valence-corrected chi connectivity index (χ4v) is 3.28. The summed E-state index contributed by atoms with van der Waals surface area (Å²) in [5.74, 6) is 0.936. The molecular weight excluding hydrogens is 262 g/mol. The first-order valence-corrected chi connectivity index (χ1v) is 7.61. The Morgan fingerprint density at radius 3 is 2.56 bits per heavy atom. The van der Waals surface area contributed by atoms with E-state index >= 15 is 0 Å². The van der Waals surface area contributed by atoms with Gasteiger partial charge in [-0.2, -0.15) is 0 Å². The number of thioether (sulfide) groups is 1. The van der Waals surface area contributed by atoms with Crippen LogP contribution in [0.15, 0.2) is 34.7 Å². The molecule has 1 heterocycles. The molecule has 96 valence electrons. The standard InChI is InChI=1S/C13H17N3S2/c1-13(2,3)14-11-15-16-12(18-11)17-9-10-7-5-4-6-8-10/h4-8H,9H2,1-3H3,(H,14,15). The van der Waals surface area contributed by atoms with E-state index < -0.39 is 0 Å². The molecule has 3 nitrogen and oxygen atoms in total. The minimum absolute atomic E-state index is 0.0287. The molecule has 1 N–H and O–H groups in total. The van der Waals surface area contributed by atoms with Crippen molar-refractivity contribution in [2.24, 2.45) is 0 Å². The SMILES string of the molecule is CC(C)(C)Nc1nnc(SCc2ccccc2)s1. The van der Waals surface area contributed by atoms with E-state index in [-0.39, 0.29) is 5.54 Å². The van der Waals surface area contributed by atoms with E-state index in [1.54, 1.807) is 23.1 Å². The van der Waals surface area contributed by atoms with Gasteiger partial charge in [-0.3, -0.25) is 0 Å². The van der Waals surface area contributed by atoms with E-state index in [9.17, 15) is 0 Å². The normalized spacial score (nSPS) is 11.5. The minimum Gasteiger partial charge on any atom is -0.355 e. The van der Waals surface area contributed by atoms with Crippen LogP contribution in [0.5, 0.6) is 0 Å². The van der Waals surface area contributed by atoms with Crippen molar-refractivity contribution in [2.45, 2.75) is 36.4 Å². The maximum Gasteiger partial charge on any atom is 0.206 e. The van der Waals surface area contributed by atoms with Gasteiger partial charge in [-0.25, -0.2) is 0 Å². The van der Waals surface area contributed by atoms with Crippen LogP contribution in [-0.2, 0) is 5.75 Å². The molecule has 0 bridgehead atoms. The largest absolute Gasteiger partial charge is 0.355 e. The predicted octanol–water partition coefficient (Wildman–Crippen LogP) is 4.04. The molecule has 2 aromatic rings. The molecule has 0 aliphatic heterocycles. The number of hydrogen-bond donors (Lipinski definition) is 1. The first kappa shape index (κ1) is 13.4. The molecule has 0 saturated carbocycles. The second kappa shape index (κ2) is 5.71. The zero-order chi connectivity index (χ0) is 13.0. The van der Waals surface area contributed by atoms with E-state index in [0.717, 1.165) is 15.2 Å². The highest BCUT2D eigenvalue weighted by molar-refractivity contribution is 8.00. The van der Waals surface area contributed by atoms with E-state index in [1.165, 1.54) is 5.56 Å². The number of rotatable bonds is 4. The van der Waals surface area contributed by atoms with E-state index in [1.807, 2.05) is 6.07 Å². The average molecular weight is 279 g/mol. The molecule has 0 atom stereocenters. The Hall–Kier alpha value is -1.07. The first-order valence-electron chi connectivity index (χ1n) is 5.81. The molecule has 0 amide bonds. The quantitative estimate of drug-likeness (QED) is 0.857. The zero-order valence-corrected chi connectivity index (χ0v) is 12.4. The molecule has 0 unspecified atom stereocenters.